The summed E-state index contributed by atoms with van der Waals surface area (Å²) in [6.07, 6.45) is 2.96. The minimum absolute atomic E-state index is 0.000310. The molecular weight excluding hydrogens is 244 g/mol. The molecule has 1 unspecified atom stereocenters. The molecule has 1 aromatic rings. The molecule has 0 spiro atoms. The van der Waals surface area contributed by atoms with Gasteiger partial charge in [0.05, 0.1) is 23.8 Å². The first kappa shape index (κ1) is 14.0. The number of aromatic nitrogens is 2. The van der Waals surface area contributed by atoms with Crippen LogP contribution in [0.4, 0.5) is 0 Å². The predicted octanol–water partition coefficient (Wildman–Crippen LogP) is -0.0512. The maximum Gasteiger partial charge on any atom is 0.237 e. The SMILES string of the molecule is CC(C)(CCO)CNC(=O)C1Cc2nc[nH]c2CN1. The Morgan fingerprint density at radius 1 is 1.63 bits per heavy atom. The summed E-state index contributed by atoms with van der Waals surface area (Å²) < 4.78 is 0. The molecule has 0 aliphatic carbocycles. The minimum Gasteiger partial charge on any atom is -0.396 e. The van der Waals surface area contributed by atoms with Crippen LogP contribution < -0.4 is 10.6 Å². The Morgan fingerprint density at radius 3 is 3.16 bits per heavy atom. The molecule has 0 aromatic carbocycles. The molecule has 6 nitrogen and oxygen atoms in total. The van der Waals surface area contributed by atoms with Crippen LogP contribution in [0.3, 0.4) is 0 Å². The number of aromatic amines is 1. The molecule has 4 N–H and O–H groups in total. The van der Waals surface area contributed by atoms with Gasteiger partial charge in [0, 0.05) is 26.1 Å². The molecule has 19 heavy (non-hydrogen) atoms. The molecule has 1 atom stereocenters. The van der Waals surface area contributed by atoms with Gasteiger partial charge < -0.3 is 15.4 Å². The summed E-state index contributed by atoms with van der Waals surface area (Å²) >= 11 is 0. The number of hydrogen-bond acceptors (Lipinski definition) is 4. The molecule has 106 valence electrons. The molecule has 1 aliphatic heterocycles. The fourth-order valence-electron chi connectivity index (χ4n) is 2.20. The van der Waals surface area contributed by atoms with Gasteiger partial charge in [-0.2, -0.15) is 0 Å². The summed E-state index contributed by atoms with van der Waals surface area (Å²) in [5.41, 5.74) is 1.94. The number of amides is 1. The molecule has 0 saturated carbocycles. The number of rotatable bonds is 5. The lowest BCUT2D eigenvalue weighted by Gasteiger charge is -2.27. The summed E-state index contributed by atoms with van der Waals surface area (Å²) in [4.78, 5) is 19.4. The van der Waals surface area contributed by atoms with Crippen molar-refractivity contribution < 1.29 is 9.90 Å². The molecule has 0 fully saturated rings. The van der Waals surface area contributed by atoms with Crippen molar-refractivity contribution >= 4 is 5.91 Å². The average Bonchev–Trinajstić information content (AvgIpc) is 2.83. The number of imidazole rings is 1. The average molecular weight is 266 g/mol. The fourth-order valence-corrected chi connectivity index (χ4v) is 2.20. The van der Waals surface area contributed by atoms with Gasteiger partial charge in [-0.25, -0.2) is 4.98 Å². The number of fused-ring (bicyclic) bond motifs is 1. The van der Waals surface area contributed by atoms with E-state index in [0.717, 1.165) is 11.4 Å². The normalized spacial score (nSPS) is 19.0. The van der Waals surface area contributed by atoms with Crippen molar-refractivity contribution in [2.24, 2.45) is 5.41 Å². The first-order valence-electron chi connectivity index (χ1n) is 6.65. The van der Waals surface area contributed by atoms with Crippen LogP contribution in [0, 0.1) is 5.41 Å². The van der Waals surface area contributed by atoms with Gasteiger partial charge >= 0.3 is 0 Å². The maximum atomic E-state index is 12.1. The minimum atomic E-state index is -0.222. The van der Waals surface area contributed by atoms with E-state index in [2.05, 4.69) is 20.6 Å². The number of aliphatic hydroxyl groups is 1. The number of carbonyl (C=O) groups excluding carboxylic acids is 1. The van der Waals surface area contributed by atoms with E-state index in [1.54, 1.807) is 6.33 Å². The summed E-state index contributed by atoms with van der Waals surface area (Å²) in [5.74, 6) is -0.000310. The molecular formula is C13H22N4O2. The molecule has 0 bridgehead atoms. The Kier molecular flexibility index (Phi) is 4.21. The van der Waals surface area contributed by atoms with Gasteiger partial charge in [0.15, 0.2) is 0 Å². The van der Waals surface area contributed by atoms with Gasteiger partial charge in [-0.15, -0.1) is 0 Å². The lowest BCUT2D eigenvalue weighted by atomic mass is 9.89. The Hall–Kier alpha value is -1.40. The third-order valence-corrected chi connectivity index (χ3v) is 3.58. The van der Waals surface area contributed by atoms with Gasteiger partial charge in [0.2, 0.25) is 5.91 Å². The zero-order chi connectivity index (χ0) is 13.9. The summed E-state index contributed by atoms with van der Waals surface area (Å²) in [5, 5.41) is 15.1. The lowest BCUT2D eigenvalue weighted by molar-refractivity contribution is -0.123. The van der Waals surface area contributed by atoms with Gasteiger partial charge in [0.1, 0.15) is 0 Å². The summed E-state index contributed by atoms with van der Waals surface area (Å²) in [6.45, 7) is 5.42. The van der Waals surface area contributed by atoms with Crippen molar-refractivity contribution in [3.8, 4) is 0 Å². The third kappa shape index (κ3) is 3.54. The lowest BCUT2D eigenvalue weighted by Crippen LogP contribution is -2.49. The zero-order valence-corrected chi connectivity index (χ0v) is 11.5. The van der Waals surface area contributed by atoms with Crippen LogP contribution >= 0.6 is 0 Å². The van der Waals surface area contributed by atoms with Crippen molar-refractivity contribution in [1.29, 1.82) is 0 Å². The second kappa shape index (κ2) is 5.71. The number of aliphatic hydroxyl groups excluding tert-OH is 1. The smallest absolute Gasteiger partial charge is 0.237 e. The standard InChI is InChI=1S/C13H22N4O2/c1-13(2,3-4-18)7-15-12(19)10-5-9-11(6-14-10)17-8-16-9/h8,10,14,18H,3-7H2,1-2H3,(H,15,19)(H,16,17). The van der Waals surface area contributed by atoms with E-state index in [9.17, 15) is 4.79 Å². The van der Waals surface area contributed by atoms with Crippen molar-refractivity contribution in [3.63, 3.8) is 0 Å². The fraction of sp³-hybridized carbons (Fsp3) is 0.692. The number of nitrogens with one attached hydrogen (secondary N) is 3. The molecule has 6 heteroatoms. The Bertz CT molecular complexity index is 442. The third-order valence-electron chi connectivity index (χ3n) is 3.58. The van der Waals surface area contributed by atoms with E-state index in [-0.39, 0.29) is 24.0 Å². The van der Waals surface area contributed by atoms with E-state index in [4.69, 9.17) is 5.11 Å². The van der Waals surface area contributed by atoms with Crippen LogP contribution in [-0.4, -0.2) is 40.2 Å². The Labute approximate surface area is 113 Å². The second-order valence-corrected chi connectivity index (χ2v) is 5.82. The highest BCUT2D eigenvalue weighted by molar-refractivity contribution is 5.82. The van der Waals surface area contributed by atoms with Crippen molar-refractivity contribution in [1.82, 2.24) is 20.6 Å². The highest BCUT2D eigenvalue weighted by Crippen LogP contribution is 2.18. The molecule has 1 aromatic heterocycles. The van der Waals surface area contributed by atoms with Crippen LogP contribution in [0.1, 0.15) is 31.7 Å². The first-order chi connectivity index (χ1) is 9.02. The molecule has 0 saturated heterocycles. The number of hydrogen-bond donors (Lipinski definition) is 4. The van der Waals surface area contributed by atoms with Gasteiger partial charge in [-0.3, -0.25) is 10.1 Å². The van der Waals surface area contributed by atoms with Crippen LogP contribution in [0.15, 0.2) is 6.33 Å². The second-order valence-electron chi connectivity index (χ2n) is 5.82. The van der Waals surface area contributed by atoms with E-state index in [1.807, 2.05) is 13.8 Å². The van der Waals surface area contributed by atoms with Crippen LogP contribution in [0.2, 0.25) is 0 Å². The molecule has 2 heterocycles. The number of carbonyl (C=O) groups is 1. The topological polar surface area (TPSA) is 90.0 Å². The zero-order valence-electron chi connectivity index (χ0n) is 11.5. The maximum absolute atomic E-state index is 12.1. The highest BCUT2D eigenvalue weighted by Gasteiger charge is 2.27. The Balaban J connectivity index is 1.85. The summed E-state index contributed by atoms with van der Waals surface area (Å²) in [6, 6.07) is -0.222. The van der Waals surface area contributed by atoms with Crippen molar-refractivity contribution in [2.75, 3.05) is 13.2 Å². The quantitative estimate of drug-likeness (QED) is 0.601. The predicted molar refractivity (Wildman–Crippen MR) is 71.4 cm³/mol. The molecule has 1 aliphatic rings. The van der Waals surface area contributed by atoms with Crippen molar-refractivity contribution in [3.05, 3.63) is 17.7 Å². The molecule has 0 radical (unpaired) electrons. The number of nitrogens with zero attached hydrogens (tertiary/aromatic N) is 1. The Morgan fingerprint density at radius 2 is 2.42 bits per heavy atom. The van der Waals surface area contributed by atoms with E-state index < -0.39 is 0 Å². The van der Waals surface area contributed by atoms with E-state index in [1.165, 1.54) is 0 Å². The van der Waals surface area contributed by atoms with Gasteiger partial charge in [-0.1, -0.05) is 13.8 Å². The van der Waals surface area contributed by atoms with Crippen LogP contribution in [0.25, 0.3) is 0 Å². The monoisotopic (exact) mass is 266 g/mol. The van der Waals surface area contributed by atoms with E-state index >= 15 is 0 Å². The van der Waals surface area contributed by atoms with Crippen LogP contribution in [-0.2, 0) is 17.8 Å². The largest absolute Gasteiger partial charge is 0.396 e. The van der Waals surface area contributed by atoms with E-state index in [0.29, 0.717) is 25.9 Å². The van der Waals surface area contributed by atoms with Crippen LogP contribution in [0.5, 0.6) is 0 Å². The summed E-state index contributed by atoms with van der Waals surface area (Å²) in [7, 11) is 0. The van der Waals surface area contributed by atoms with Crippen molar-refractivity contribution in [2.45, 2.75) is 39.3 Å². The van der Waals surface area contributed by atoms with Gasteiger partial charge in [-0.05, 0) is 11.8 Å². The van der Waals surface area contributed by atoms with Gasteiger partial charge in [0.25, 0.3) is 0 Å². The highest BCUT2D eigenvalue weighted by atomic mass is 16.3. The number of H-pyrrole nitrogens is 1. The molecule has 2 rings (SSSR count). The molecule has 1 amide bonds. The first-order valence-corrected chi connectivity index (χ1v) is 6.65.